The van der Waals surface area contributed by atoms with E-state index in [1.54, 1.807) is 0 Å². The van der Waals surface area contributed by atoms with E-state index in [0.29, 0.717) is 0 Å². The van der Waals surface area contributed by atoms with Gasteiger partial charge < -0.3 is 15.1 Å². The van der Waals surface area contributed by atoms with E-state index >= 15 is 0 Å². The van der Waals surface area contributed by atoms with Gasteiger partial charge in [0.2, 0.25) is 0 Å². The van der Waals surface area contributed by atoms with Gasteiger partial charge in [0.15, 0.2) is 0 Å². The highest BCUT2D eigenvalue weighted by atomic mass is 15.3. The van der Waals surface area contributed by atoms with Crippen molar-refractivity contribution in [3.05, 3.63) is 96.0 Å². The predicted octanol–water partition coefficient (Wildman–Crippen LogP) is 6.64. The third kappa shape index (κ3) is 4.56. The maximum absolute atomic E-state index is 4.44. The second kappa shape index (κ2) is 9.47. The molecule has 0 radical (unpaired) electrons. The number of hydrogen-bond acceptors (Lipinski definition) is 3. The van der Waals surface area contributed by atoms with Crippen LogP contribution in [0.3, 0.4) is 0 Å². The first kappa shape index (κ1) is 22.7. The summed E-state index contributed by atoms with van der Waals surface area (Å²) in [6, 6.07) is 15.8. The van der Waals surface area contributed by atoms with Gasteiger partial charge >= 0.3 is 0 Å². The van der Waals surface area contributed by atoms with Crippen LogP contribution in [0.15, 0.2) is 73.7 Å². The van der Waals surface area contributed by atoms with Gasteiger partial charge in [-0.3, -0.25) is 0 Å². The molecule has 1 heterocycles. The Labute approximate surface area is 188 Å². The number of hydrogen-bond donors (Lipinski definition) is 1. The average molecular weight is 416 g/mol. The molecule has 0 spiro atoms. The first-order valence-electron chi connectivity index (χ1n) is 11.3. The first-order valence-corrected chi connectivity index (χ1v) is 11.3. The molecule has 1 N–H and O–H groups in total. The van der Waals surface area contributed by atoms with E-state index in [0.717, 1.165) is 28.7 Å². The van der Waals surface area contributed by atoms with E-state index in [2.05, 4.69) is 91.4 Å². The summed E-state index contributed by atoms with van der Waals surface area (Å²) in [5.41, 5.74) is 7.34. The van der Waals surface area contributed by atoms with Crippen molar-refractivity contribution in [3.8, 4) is 0 Å². The van der Waals surface area contributed by atoms with Gasteiger partial charge in [-0.1, -0.05) is 76.1 Å². The maximum atomic E-state index is 4.44. The average Bonchev–Trinajstić information content (AvgIpc) is 3.64. The minimum atomic E-state index is 0.0792. The van der Waals surface area contributed by atoms with Crippen LogP contribution in [0.5, 0.6) is 0 Å². The summed E-state index contributed by atoms with van der Waals surface area (Å²) in [5.74, 6) is 1.79. The lowest BCUT2D eigenvalue weighted by molar-refractivity contribution is 0.322. The van der Waals surface area contributed by atoms with E-state index < -0.39 is 0 Å². The Hall–Kier alpha value is -2.94. The van der Waals surface area contributed by atoms with Gasteiger partial charge in [0.1, 0.15) is 0 Å². The van der Waals surface area contributed by atoms with E-state index in [1.807, 2.05) is 27.0 Å². The molecule has 2 aromatic carbocycles. The molecule has 164 valence electrons. The van der Waals surface area contributed by atoms with Gasteiger partial charge in [0.25, 0.3) is 0 Å². The fourth-order valence-corrected chi connectivity index (χ4v) is 4.30. The topological polar surface area (TPSA) is 18.5 Å². The highest BCUT2D eigenvalue weighted by Crippen LogP contribution is 2.45. The molecule has 0 amide bonds. The monoisotopic (exact) mass is 415 g/mol. The van der Waals surface area contributed by atoms with Crippen molar-refractivity contribution >= 4 is 11.8 Å². The Bertz CT molecular complexity index is 951. The number of likely N-dealkylation sites (N-methyl/N-ethyl adjacent to an activating group) is 1. The number of nitrogens with zero attached hydrogens (tertiary/aromatic N) is 2. The summed E-state index contributed by atoms with van der Waals surface area (Å²) in [7, 11) is 6.17. The molecular weight excluding hydrogens is 378 g/mol. The second-order valence-electron chi connectivity index (χ2n) is 8.45. The number of rotatable bonds is 5. The molecule has 2 fully saturated rings. The molecule has 2 aromatic rings. The van der Waals surface area contributed by atoms with Crippen molar-refractivity contribution in [2.75, 3.05) is 26.0 Å². The van der Waals surface area contributed by atoms with Crippen molar-refractivity contribution in [3.63, 3.8) is 0 Å². The van der Waals surface area contributed by atoms with Gasteiger partial charge in [-0.2, -0.15) is 0 Å². The molecule has 1 saturated carbocycles. The maximum Gasteiger partial charge on any atom is 0.0983 e. The lowest BCUT2D eigenvalue weighted by Gasteiger charge is -2.43. The fraction of sp³-hybridized carbons (Fsp3) is 0.357. The Kier molecular flexibility index (Phi) is 6.94. The zero-order valence-corrected chi connectivity index (χ0v) is 19.8. The molecule has 2 aliphatic rings. The minimum Gasteiger partial charge on any atom is -0.377 e. The zero-order chi connectivity index (χ0) is 22.7. The van der Waals surface area contributed by atoms with Crippen molar-refractivity contribution in [1.82, 2.24) is 10.2 Å². The molecule has 3 heteroatoms. The van der Waals surface area contributed by atoms with Crippen LogP contribution >= 0.6 is 0 Å². The van der Waals surface area contributed by atoms with Crippen molar-refractivity contribution in [2.24, 2.45) is 0 Å². The lowest BCUT2D eigenvalue weighted by Crippen LogP contribution is -2.42. The minimum absolute atomic E-state index is 0.0792. The second-order valence-corrected chi connectivity index (χ2v) is 8.45. The van der Waals surface area contributed by atoms with Crippen LogP contribution in [0.25, 0.3) is 6.08 Å². The van der Waals surface area contributed by atoms with Crippen LogP contribution in [-0.4, -0.2) is 26.0 Å². The van der Waals surface area contributed by atoms with Crippen LogP contribution in [-0.2, 0) is 0 Å². The summed E-state index contributed by atoms with van der Waals surface area (Å²) < 4.78 is 0. The standard InChI is InChI=1S/C26H31N3.C2H6/c1-7-19-8-15-23(16-24(19)28(4)5)26-25(17(2)29(6)18(3)27-26)22-13-11-21(12-14-22)20-9-10-20;1-2/h7-8,11-16,20,25-27H,1-3,9-10H2,4-6H3;1-2H3. The van der Waals surface area contributed by atoms with Crippen LogP contribution in [0.1, 0.15) is 66.8 Å². The molecule has 1 aliphatic heterocycles. The van der Waals surface area contributed by atoms with Crippen molar-refractivity contribution in [2.45, 2.75) is 44.6 Å². The highest BCUT2D eigenvalue weighted by Gasteiger charge is 2.35. The van der Waals surface area contributed by atoms with E-state index in [1.165, 1.54) is 29.5 Å². The summed E-state index contributed by atoms with van der Waals surface area (Å²) in [4.78, 5) is 4.21. The molecule has 2 unspecified atom stereocenters. The SMILES string of the molecule is C=Cc1ccc(C2NC(=C)N(C)C(=C)C2c2ccc(C3CC3)cc2)cc1N(C)C.CC. The molecule has 3 nitrogen and oxygen atoms in total. The zero-order valence-electron chi connectivity index (χ0n) is 19.8. The molecule has 1 aliphatic carbocycles. The summed E-state index contributed by atoms with van der Waals surface area (Å²) in [5, 5.41) is 3.64. The highest BCUT2D eigenvalue weighted by molar-refractivity contribution is 5.67. The number of nitrogens with one attached hydrogen (secondary N) is 1. The van der Waals surface area contributed by atoms with Crippen LogP contribution in [0.2, 0.25) is 0 Å². The molecular formula is C28H37N3. The molecule has 4 rings (SSSR count). The largest absolute Gasteiger partial charge is 0.377 e. The summed E-state index contributed by atoms with van der Waals surface area (Å²) in [6.07, 6.45) is 4.56. The van der Waals surface area contributed by atoms with Crippen LogP contribution in [0.4, 0.5) is 5.69 Å². The Morgan fingerprint density at radius 2 is 1.55 bits per heavy atom. The Morgan fingerprint density at radius 3 is 2.10 bits per heavy atom. The third-order valence-electron chi connectivity index (χ3n) is 6.31. The van der Waals surface area contributed by atoms with Crippen molar-refractivity contribution < 1.29 is 0 Å². The van der Waals surface area contributed by atoms with Crippen LogP contribution < -0.4 is 10.2 Å². The quantitative estimate of drug-likeness (QED) is 0.590. The normalized spacial score (nSPS) is 20.5. The lowest BCUT2D eigenvalue weighted by atomic mass is 9.82. The van der Waals surface area contributed by atoms with E-state index in [4.69, 9.17) is 0 Å². The smallest absolute Gasteiger partial charge is 0.0983 e. The number of anilines is 1. The Morgan fingerprint density at radius 1 is 0.968 bits per heavy atom. The van der Waals surface area contributed by atoms with Gasteiger partial charge in [-0.05, 0) is 47.1 Å². The molecule has 0 aromatic heterocycles. The van der Waals surface area contributed by atoms with Gasteiger partial charge in [0.05, 0.1) is 11.9 Å². The third-order valence-corrected chi connectivity index (χ3v) is 6.31. The molecule has 2 atom stereocenters. The Balaban J connectivity index is 0.00000132. The molecule has 1 saturated heterocycles. The predicted molar refractivity (Wildman–Crippen MR) is 135 cm³/mol. The first-order chi connectivity index (χ1) is 14.9. The summed E-state index contributed by atoms with van der Waals surface area (Å²) in [6.45, 7) is 16.6. The van der Waals surface area contributed by atoms with Gasteiger partial charge in [-0.15, -0.1) is 0 Å². The van der Waals surface area contributed by atoms with Gasteiger partial charge in [0, 0.05) is 38.4 Å². The van der Waals surface area contributed by atoms with Crippen molar-refractivity contribution in [1.29, 1.82) is 0 Å². The molecule has 31 heavy (non-hydrogen) atoms. The fourth-order valence-electron chi connectivity index (χ4n) is 4.30. The van der Waals surface area contributed by atoms with E-state index in [-0.39, 0.29) is 12.0 Å². The molecule has 0 bridgehead atoms. The number of benzene rings is 2. The van der Waals surface area contributed by atoms with Gasteiger partial charge in [-0.25, -0.2) is 0 Å². The van der Waals surface area contributed by atoms with Crippen LogP contribution in [0, 0.1) is 0 Å². The van der Waals surface area contributed by atoms with E-state index in [9.17, 15) is 0 Å². The summed E-state index contributed by atoms with van der Waals surface area (Å²) >= 11 is 0.